The molecule has 35 heavy (non-hydrogen) atoms. The van der Waals surface area contributed by atoms with Crippen molar-refractivity contribution in [3.05, 3.63) is 109 Å². The van der Waals surface area contributed by atoms with E-state index in [1.165, 1.54) is 0 Å². The molecule has 2 aromatic heterocycles. The van der Waals surface area contributed by atoms with Crippen molar-refractivity contribution in [2.24, 2.45) is 0 Å². The number of nitriles is 2. The zero-order valence-electron chi connectivity index (χ0n) is 18.4. The van der Waals surface area contributed by atoms with Gasteiger partial charge in [-0.05, 0) is 63.7 Å². The molecule has 0 N–H and O–H groups in total. The first kappa shape index (κ1) is 20.4. The highest BCUT2D eigenvalue weighted by Crippen LogP contribution is 2.36. The Balaban J connectivity index is 1.59. The second kappa shape index (κ2) is 8.26. The summed E-state index contributed by atoms with van der Waals surface area (Å²) < 4.78 is 5.89. The molecule has 0 radical (unpaired) electrons. The van der Waals surface area contributed by atoms with Gasteiger partial charge in [0.05, 0.1) is 0 Å². The normalized spacial score (nSPS) is 10.8. The van der Waals surface area contributed by atoms with E-state index in [1.807, 2.05) is 66.7 Å². The molecule has 2 heterocycles. The van der Waals surface area contributed by atoms with Crippen LogP contribution in [0.5, 0.6) is 0 Å². The van der Waals surface area contributed by atoms with Crippen LogP contribution < -0.4 is 0 Å². The molecule has 0 amide bonds. The Kier molecular flexibility index (Phi) is 4.80. The second-order valence-electron chi connectivity index (χ2n) is 8.14. The lowest BCUT2D eigenvalue weighted by molar-refractivity contribution is 0.663. The SMILES string of the molecule is N#Cc1nc(C#N)c2oc3ccc(-c4cc(-c5ccccc5)cc(-c5ccccc5)c4)cc3c2n1. The number of furan rings is 1. The largest absolute Gasteiger partial charge is 0.451 e. The lowest BCUT2D eigenvalue weighted by Crippen LogP contribution is -1.93. The molecule has 0 unspecified atom stereocenters. The number of aromatic nitrogens is 2. The van der Waals surface area contributed by atoms with E-state index >= 15 is 0 Å². The summed E-state index contributed by atoms with van der Waals surface area (Å²) in [6, 6.07) is 36.9. The molecule has 4 aromatic carbocycles. The molecule has 0 fully saturated rings. The lowest BCUT2D eigenvalue weighted by Gasteiger charge is -2.11. The van der Waals surface area contributed by atoms with E-state index in [4.69, 9.17) is 4.42 Å². The molecule has 0 aliphatic carbocycles. The van der Waals surface area contributed by atoms with Crippen LogP contribution in [-0.2, 0) is 0 Å². The summed E-state index contributed by atoms with van der Waals surface area (Å²) in [6.07, 6.45) is 0. The molecular formula is C30H16N4O. The molecule has 6 rings (SSSR count). The Morgan fingerprint density at radius 1 is 0.571 bits per heavy atom. The highest BCUT2D eigenvalue weighted by molar-refractivity contribution is 6.05. The van der Waals surface area contributed by atoms with Gasteiger partial charge >= 0.3 is 0 Å². The van der Waals surface area contributed by atoms with Crippen molar-refractivity contribution in [3.8, 4) is 45.5 Å². The molecule has 6 aromatic rings. The van der Waals surface area contributed by atoms with Gasteiger partial charge in [-0.3, -0.25) is 0 Å². The lowest BCUT2D eigenvalue weighted by atomic mass is 9.93. The molecule has 162 valence electrons. The van der Waals surface area contributed by atoms with Crippen LogP contribution in [-0.4, -0.2) is 9.97 Å². The van der Waals surface area contributed by atoms with Gasteiger partial charge in [0, 0.05) is 5.39 Å². The van der Waals surface area contributed by atoms with Crippen molar-refractivity contribution in [2.75, 3.05) is 0 Å². The summed E-state index contributed by atoms with van der Waals surface area (Å²) in [7, 11) is 0. The maximum Gasteiger partial charge on any atom is 0.234 e. The van der Waals surface area contributed by atoms with Crippen molar-refractivity contribution in [1.82, 2.24) is 9.97 Å². The Labute approximate surface area is 201 Å². The van der Waals surface area contributed by atoms with Gasteiger partial charge < -0.3 is 4.42 Å². The molecule has 0 saturated carbocycles. The molecule has 0 bridgehead atoms. The minimum Gasteiger partial charge on any atom is -0.451 e. The van der Waals surface area contributed by atoms with E-state index in [-0.39, 0.29) is 11.5 Å². The highest BCUT2D eigenvalue weighted by Gasteiger charge is 2.17. The van der Waals surface area contributed by atoms with E-state index in [9.17, 15) is 10.5 Å². The van der Waals surface area contributed by atoms with E-state index in [1.54, 1.807) is 0 Å². The molecule has 0 atom stereocenters. The Bertz CT molecular complexity index is 1750. The number of hydrogen-bond acceptors (Lipinski definition) is 5. The zero-order valence-corrected chi connectivity index (χ0v) is 18.4. The minimum atomic E-state index is -0.0559. The van der Waals surface area contributed by atoms with Crippen LogP contribution in [0, 0.1) is 22.7 Å². The van der Waals surface area contributed by atoms with Gasteiger partial charge in [0.2, 0.25) is 5.82 Å². The average molecular weight is 448 g/mol. The standard InChI is InChI=1S/C30H16N4O/c31-17-26-30-29(34-28(18-32)33-26)25-16-21(11-12-27(25)35-30)24-14-22(19-7-3-1-4-8-19)13-23(15-24)20-9-5-2-6-10-20/h1-16H. The summed E-state index contributed by atoms with van der Waals surface area (Å²) in [5.74, 6) is -0.0559. The number of rotatable bonds is 3. The Hall–Kier alpha value is -5.26. The first-order valence-corrected chi connectivity index (χ1v) is 11.0. The van der Waals surface area contributed by atoms with Gasteiger partial charge in [0.15, 0.2) is 11.3 Å². The third-order valence-electron chi connectivity index (χ3n) is 6.00. The molecule has 5 heteroatoms. The van der Waals surface area contributed by atoms with Gasteiger partial charge in [0.1, 0.15) is 23.2 Å². The maximum absolute atomic E-state index is 9.48. The van der Waals surface area contributed by atoms with Crippen LogP contribution in [0.1, 0.15) is 11.5 Å². The zero-order chi connectivity index (χ0) is 23.8. The fourth-order valence-corrected chi connectivity index (χ4v) is 4.34. The van der Waals surface area contributed by atoms with Crippen molar-refractivity contribution in [1.29, 1.82) is 10.5 Å². The molecule has 5 nitrogen and oxygen atoms in total. The summed E-state index contributed by atoms with van der Waals surface area (Å²) in [6.45, 7) is 0. The molecule has 0 aliphatic rings. The summed E-state index contributed by atoms with van der Waals surface area (Å²) >= 11 is 0. The van der Waals surface area contributed by atoms with Crippen molar-refractivity contribution >= 4 is 22.1 Å². The number of nitrogens with zero attached hydrogens (tertiary/aromatic N) is 4. The molecule has 0 saturated heterocycles. The van der Waals surface area contributed by atoms with Crippen molar-refractivity contribution in [2.45, 2.75) is 0 Å². The monoisotopic (exact) mass is 448 g/mol. The molecule has 0 spiro atoms. The maximum atomic E-state index is 9.48. The summed E-state index contributed by atoms with van der Waals surface area (Å²) in [5, 5.41) is 19.5. The smallest absolute Gasteiger partial charge is 0.234 e. The highest BCUT2D eigenvalue weighted by atomic mass is 16.3. The predicted octanol–water partition coefficient (Wildman–Crippen LogP) is 7.12. The van der Waals surface area contributed by atoms with Gasteiger partial charge in [-0.1, -0.05) is 66.7 Å². The van der Waals surface area contributed by atoms with Crippen LogP contribution >= 0.6 is 0 Å². The van der Waals surface area contributed by atoms with Crippen LogP contribution in [0.2, 0.25) is 0 Å². The molecular weight excluding hydrogens is 432 g/mol. The number of fused-ring (bicyclic) bond motifs is 3. The first-order valence-electron chi connectivity index (χ1n) is 11.0. The van der Waals surface area contributed by atoms with E-state index in [0.29, 0.717) is 16.7 Å². The van der Waals surface area contributed by atoms with Crippen LogP contribution in [0.3, 0.4) is 0 Å². The van der Waals surface area contributed by atoms with Gasteiger partial charge in [-0.15, -0.1) is 0 Å². The fraction of sp³-hybridized carbons (Fsp3) is 0. The predicted molar refractivity (Wildman–Crippen MR) is 135 cm³/mol. The van der Waals surface area contributed by atoms with E-state index in [0.717, 1.165) is 38.8 Å². The van der Waals surface area contributed by atoms with E-state index in [2.05, 4.69) is 52.4 Å². The van der Waals surface area contributed by atoms with Crippen LogP contribution in [0.4, 0.5) is 0 Å². The van der Waals surface area contributed by atoms with E-state index < -0.39 is 0 Å². The third kappa shape index (κ3) is 3.58. The van der Waals surface area contributed by atoms with Crippen molar-refractivity contribution < 1.29 is 4.42 Å². The number of benzene rings is 4. The van der Waals surface area contributed by atoms with Gasteiger partial charge in [-0.25, -0.2) is 9.97 Å². The van der Waals surface area contributed by atoms with Crippen LogP contribution in [0.15, 0.2) is 101 Å². The average Bonchev–Trinajstić information content (AvgIpc) is 3.31. The first-order chi connectivity index (χ1) is 17.2. The Morgan fingerprint density at radius 2 is 1.17 bits per heavy atom. The topological polar surface area (TPSA) is 86.5 Å². The summed E-state index contributed by atoms with van der Waals surface area (Å²) in [5.41, 5.74) is 7.91. The Morgan fingerprint density at radius 3 is 1.74 bits per heavy atom. The summed E-state index contributed by atoms with van der Waals surface area (Å²) in [4.78, 5) is 8.32. The third-order valence-corrected chi connectivity index (χ3v) is 6.00. The molecule has 0 aliphatic heterocycles. The van der Waals surface area contributed by atoms with Crippen molar-refractivity contribution in [3.63, 3.8) is 0 Å². The fourth-order valence-electron chi connectivity index (χ4n) is 4.34. The van der Waals surface area contributed by atoms with Gasteiger partial charge in [0.25, 0.3) is 0 Å². The quantitative estimate of drug-likeness (QED) is 0.288. The second-order valence-corrected chi connectivity index (χ2v) is 8.14. The van der Waals surface area contributed by atoms with Crippen LogP contribution in [0.25, 0.3) is 55.4 Å². The number of hydrogen-bond donors (Lipinski definition) is 0. The minimum absolute atomic E-state index is 0.0559. The van der Waals surface area contributed by atoms with Gasteiger partial charge in [-0.2, -0.15) is 10.5 Å².